The summed E-state index contributed by atoms with van der Waals surface area (Å²) in [7, 11) is 0. The molecule has 2 rings (SSSR count). The summed E-state index contributed by atoms with van der Waals surface area (Å²) in [4.78, 5) is 11.8. The summed E-state index contributed by atoms with van der Waals surface area (Å²) < 4.78 is 0. The molecule has 0 amide bonds. The van der Waals surface area contributed by atoms with Crippen LogP contribution >= 0.6 is 0 Å². The molecule has 2 heteroatoms. The van der Waals surface area contributed by atoms with Crippen molar-refractivity contribution in [3.63, 3.8) is 0 Å². The van der Waals surface area contributed by atoms with Crippen molar-refractivity contribution in [2.75, 3.05) is 0 Å². The maximum atomic E-state index is 11.8. The fourth-order valence-electron chi connectivity index (χ4n) is 4.45. The standard InChI is InChI=1S/C15H24O2/c1-10(2)15-8-5-6-12(15)14(4,13(16)17)11(3)7-9-15/h11-12H,1,5-9H2,2-4H3,(H,16,17). The lowest BCUT2D eigenvalue weighted by Gasteiger charge is -2.52. The van der Waals surface area contributed by atoms with E-state index in [2.05, 4.69) is 20.4 Å². The summed E-state index contributed by atoms with van der Waals surface area (Å²) >= 11 is 0. The summed E-state index contributed by atoms with van der Waals surface area (Å²) in [6.07, 6.45) is 5.51. The van der Waals surface area contributed by atoms with Crippen molar-refractivity contribution in [3.8, 4) is 0 Å². The van der Waals surface area contributed by atoms with Gasteiger partial charge in [-0.1, -0.05) is 25.5 Å². The van der Waals surface area contributed by atoms with E-state index >= 15 is 0 Å². The summed E-state index contributed by atoms with van der Waals surface area (Å²) in [5.74, 6) is -0.0495. The van der Waals surface area contributed by atoms with Crippen molar-refractivity contribution < 1.29 is 9.90 Å². The number of allylic oxidation sites excluding steroid dienone is 1. The molecule has 2 saturated carbocycles. The third-order valence-electron chi connectivity index (χ3n) is 5.86. The van der Waals surface area contributed by atoms with Crippen LogP contribution in [0.2, 0.25) is 0 Å². The highest BCUT2D eigenvalue weighted by atomic mass is 16.4. The smallest absolute Gasteiger partial charge is 0.309 e. The van der Waals surface area contributed by atoms with E-state index in [9.17, 15) is 9.90 Å². The summed E-state index contributed by atoms with van der Waals surface area (Å²) in [6, 6.07) is 0. The molecule has 0 aromatic heterocycles. The van der Waals surface area contributed by atoms with Gasteiger partial charge in [-0.15, -0.1) is 0 Å². The minimum absolute atomic E-state index is 0.111. The lowest BCUT2D eigenvalue weighted by molar-refractivity contribution is -0.162. The molecule has 2 aliphatic rings. The molecule has 0 aliphatic heterocycles. The molecule has 0 aromatic carbocycles. The highest BCUT2D eigenvalue weighted by molar-refractivity contribution is 5.75. The van der Waals surface area contributed by atoms with Gasteiger partial charge >= 0.3 is 5.97 Å². The van der Waals surface area contributed by atoms with Gasteiger partial charge in [0.2, 0.25) is 0 Å². The molecule has 0 spiro atoms. The molecular weight excluding hydrogens is 212 g/mol. The lowest BCUT2D eigenvalue weighted by atomic mass is 9.51. The second-order valence-corrected chi connectivity index (χ2v) is 6.41. The van der Waals surface area contributed by atoms with E-state index in [4.69, 9.17) is 0 Å². The maximum Gasteiger partial charge on any atom is 0.309 e. The van der Waals surface area contributed by atoms with Crippen LogP contribution in [-0.2, 0) is 4.79 Å². The number of hydrogen-bond acceptors (Lipinski definition) is 1. The van der Waals surface area contributed by atoms with Gasteiger partial charge in [0.05, 0.1) is 5.41 Å². The van der Waals surface area contributed by atoms with Gasteiger partial charge in [0.1, 0.15) is 0 Å². The monoisotopic (exact) mass is 236 g/mol. The number of aliphatic carboxylic acids is 1. The van der Waals surface area contributed by atoms with Crippen LogP contribution in [0.5, 0.6) is 0 Å². The molecule has 0 radical (unpaired) electrons. The Hall–Kier alpha value is -0.790. The minimum atomic E-state index is -0.609. The molecule has 0 heterocycles. The van der Waals surface area contributed by atoms with Crippen LogP contribution in [0.25, 0.3) is 0 Å². The Morgan fingerprint density at radius 1 is 1.35 bits per heavy atom. The van der Waals surface area contributed by atoms with Crippen LogP contribution in [0.4, 0.5) is 0 Å². The van der Waals surface area contributed by atoms with Crippen LogP contribution in [-0.4, -0.2) is 11.1 Å². The fraction of sp³-hybridized carbons (Fsp3) is 0.800. The van der Waals surface area contributed by atoms with E-state index in [0.29, 0.717) is 0 Å². The number of carbonyl (C=O) groups is 1. The topological polar surface area (TPSA) is 37.3 Å². The molecule has 4 unspecified atom stereocenters. The predicted octanol–water partition coefficient (Wildman–Crippen LogP) is 3.87. The van der Waals surface area contributed by atoms with Gasteiger partial charge in [0.25, 0.3) is 0 Å². The minimum Gasteiger partial charge on any atom is -0.481 e. The average Bonchev–Trinajstić information content (AvgIpc) is 2.69. The molecule has 4 atom stereocenters. The van der Waals surface area contributed by atoms with Crippen molar-refractivity contribution in [2.24, 2.45) is 22.7 Å². The fourth-order valence-corrected chi connectivity index (χ4v) is 4.45. The van der Waals surface area contributed by atoms with Gasteiger partial charge in [0.15, 0.2) is 0 Å². The first-order valence-electron chi connectivity index (χ1n) is 6.75. The van der Waals surface area contributed by atoms with Gasteiger partial charge in [-0.2, -0.15) is 0 Å². The van der Waals surface area contributed by atoms with Gasteiger partial charge in [-0.05, 0) is 56.8 Å². The van der Waals surface area contributed by atoms with E-state index in [0.717, 1.165) is 32.1 Å². The molecule has 2 fully saturated rings. The highest BCUT2D eigenvalue weighted by Crippen LogP contribution is 2.63. The zero-order valence-corrected chi connectivity index (χ0v) is 11.3. The Kier molecular flexibility index (Phi) is 2.87. The molecular formula is C15H24O2. The van der Waals surface area contributed by atoms with Gasteiger partial charge in [-0.25, -0.2) is 0 Å². The van der Waals surface area contributed by atoms with Crippen molar-refractivity contribution in [3.05, 3.63) is 12.2 Å². The highest BCUT2D eigenvalue weighted by Gasteiger charge is 2.59. The van der Waals surface area contributed by atoms with E-state index in [1.807, 2.05) is 6.92 Å². The first kappa shape index (κ1) is 12.7. The SMILES string of the molecule is C=C(C)C12CCCC1C(C)(C(=O)O)C(C)CC2. The van der Waals surface area contributed by atoms with Crippen LogP contribution in [0.3, 0.4) is 0 Å². The van der Waals surface area contributed by atoms with Gasteiger partial charge in [-0.3, -0.25) is 4.79 Å². The number of rotatable bonds is 2. The largest absolute Gasteiger partial charge is 0.481 e. The third-order valence-corrected chi connectivity index (χ3v) is 5.86. The Morgan fingerprint density at radius 2 is 2.00 bits per heavy atom. The Balaban J connectivity index is 2.47. The van der Waals surface area contributed by atoms with Crippen LogP contribution in [0.1, 0.15) is 52.9 Å². The quantitative estimate of drug-likeness (QED) is 0.739. The van der Waals surface area contributed by atoms with Crippen molar-refractivity contribution in [2.45, 2.75) is 52.9 Å². The van der Waals surface area contributed by atoms with Crippen molar-refractivity contribution in [1.82, 2.24) is 0 Å². The molecule has 0 saturated heterocycles. The third kappa shape index (κ3) is 1.49. The normalized spacial score (nSPS) is 45.4. The number of carboxylic acid groups (broad SMARTS) is 1. The van der Waals surface area contributed by atoms with E-state index in [-0.39, 0.29) is 17.3 Å². The average molecular weight is 236 g/mol. The van der Waals surface area contributed by atoms with E-state index in [1.165, 1.54) is 5.57 Å². The van der Waals surface area contributed by atoms with Crippen molar-refractivity contribution in [1.29, 1.82) is 0 Å². The molecule has 96 valence electrons. The molecule has 2 nitrogen and oxygen atoms in total. The summed E-state index contributed by atoms with van der Waals surface area (Å²) in [5, 5.41) is 9.68. The molecule has 17 heavy (non-hydrogen) atoms. The Labute approximate surface area is 104 Å². The zero-order valence-electron chi connectivity index (χ0n) is 11.3. The number of hydrogen-bond donors (Lipinski definition) is 1. The second-order valence-electron chi connectivity index (χ2n) is 6.41. The number of fused-ring (bicyclic) bond motifs is 1. The molecule has 0 bridgehead atoms. The van der Waals surface area contributed by atoms with E-state index < -0.39 is 11.4 Å². The first-order chi connectivity index (χ1) is 7.85. The van der Waals surface area contributed by atoms with Crippen LogP contribution < -0.4 is 0 Å². The zero-order chi connectivity index (χ0) is 12.8. The lowest BCUT2D eigenvalue weighted by Crippen LogP contribution is -2.51. The van der Waals surface area contributed by atoms with Crippen LogP contribution in [0.15, 0.2) is 12.2 Å². The second kappa shape index (κ2) is 3.86. The Bertz CT molecular complexity index is 360. The first-order valence-corrected chi connectivity index (χ1v) is 6.75. The van der Waals surface area contributed by atoms with Crippen LogP contribution in [0, 0.1) is 22.7 Å². The van der Waals surface area contributed by atoms with Crippen molar-refractivity contribution >= 4 is 5.97 Å². The molecule has 0 aromatic rings. The molecule has 2 aliphatic carbocycles. The maximum absolute atomic E-state index is 11.8. The van der Waals surface area contributed by atoms with Gasteiger partial charge < -0.3 is 5.11 Å². The predicted molar refractivity (Wildman–Crippen MR) is 68.7 cm³/mol. The Morgan fingerprint density at radius 3 is 2.53 bits per heavy atom. The van der Waals surface area contributed by atoms with Gasteiger partial charge in [0, 0.05) is 0 Å². The summed E-state index contributed by atoms with van der Waals surface area (Å²) in [6.45, 7) is 10.3. The van der Waals surface area contributed by atoms with E-state index in [1.54, 1.807) is 0 Å². The summed E-state index contributed by atoms with van der Waals surface area (Å²) in [5.41, 5.74) is 0.757. The number of carboxylic acids is 1. The molecule has 1 N–H and O–H groups in total.